The Labute approximate surface area is 264 Å². The SMILES string of the molecule is CC(C)/C=N/NC(=S)Nc1cc(N(C)C)ccc1C(C)CC1CC1c1ccc(C(C)C)c(NC(=S)NNCC(C)C)c1. The average Bonchev–Trinajstić information content (AvgIpc) is 3.66. The highest BCUT2D eigenvalue weighted by atomic mass is 32.1. The fraction of sp³-hybridized carbons (Fsp3) is 0.545. The van der Waals surface area contributed by atoms with E-state index in [1.165, 1.54) is 23.1 Å². The quantitative estimate of drug-likeness (QED) is 0.0906. The molecule has 0 aromatic heterocycles. The summed E-state index contributed by atoms with van der Waals surface area (Å²) in [5.41, 5.74) is 16.5. The summed E-state index contributed by atoms with van der Waals surface area (Å²) in [5, 5.41) is 12.2. The molecule has 1 saturated carbocycles. The van der Waals surface area contributed by atoms with Crippen molar-refractivity contribution in [3.05, 3.63) is 53.1 Å². The van der Waals surface area contributed by atoms with Crippen molar-refractivity contribution in [3.63, 3.8) is 0 Å². The van der Waals surface area contributed by atoms with E-state index >= 15 is 0 Å². The van der Waals surface area contributed by atoms with E-state index in [2.05, 4.69) is 136 Å². The molecule has 3 rings (SSSR count). The molecule has 2 aromatic rings. The molecule has 0 radical (unpaired) electrons. The zero-order valence-corrected chi connectivity index (χ0v) is 28.5. The smallest absolute Gasteiger partial charge is 0.191 e. The van der Waals surface area contributed by atoms with E-state index in [1.807, 2.05) is 6.21 Å². The van der Waals surface area contributed by atoms with Crippen LogP contribution in [-0.4, -0.2) is 37.1 Å². The molecular weight excluding hydrogens is 559 g/mol. The molecule has 0 heterocycles. The normalized spacial score (nSPS) is 17.0. The van der Waals surface area contributed by atoms with E-state index in [4.69, 9.17) is 24.4 Å². The molecule has 1 aliphatic carbocycles. The second-order valence-electron chi connectivity index (χ2n) is 12.8. The van der Waals surface area contributed by atoms with Gasteiger partial charge < -0.3 is 15.5 Å². The van der Waals surface area contributed by atoms with E-state index in [9.17, 15) is 0 Å². The highest BCUT2D eigenvalue weighted by Gasteiger charge is 2.39. The summed E-state index contributed by atoms with van der Waals surface area (Å²) in [6.07, 6.45) is 4.16. The Morgan fingerprint density at radius 1 is 0.929 bits per heavy atom. The van der Waals surface area contributed by atoms with Crippen LogP contribution in [0.4, 0.5) is 17.1 Å². The van der Waals surface area contributed by atoms with Gasteiger partial charge in [-0.2, -0.15) is 5.10 Å². The van der Waals surface area contributed by atoms with Crippen molar-refractivity contribution < 1.29 is 0 Å². The van der Waals surface area contributed by atoms with Gasteiger partial charge >= 0.3 is 0 Å². The standard InChI is InChI=1S/C33H51N7S2/c1-20(2)18-34-38-32(41)36-30-16-24(10-12-27(30)22(5)6)29-15-25(29)14-23(7)28-13-11-26(40(8)9)17-31(28)37-33(42)39-35-19-21(3)4/h10-13,16-17,19-23,25,29,34H,14-15,18H2,1-9H3,(H2,36,38,41)(H2,37,39,42)/b35-19+. The lowest BCUT2D eigenvalue weighted by Crippen LogP contribution is -2.42. The highest BCUT2D eigenvalue weighted by molar-refractivity contribution is 7.80. The van der Waals surface area contributed by atoms with Crippen molar-refractivity contribution in [2.45, 2.75) is 79.1 Å². The van der Waals surface area contributed by atoms with Gasteiger partial charge in [0.2, 0.25) is 0 Å². The van der Waals surface area contributed by atoms with Gasteiger partial charge in [0.05, 0.1) is 0 Å². The lowest BCUT2D eigenvalue weighted by atomic mass is 9.91. The number of anilines is 3. The first-order chi connectivity index (χ1) is 19.8. The molecule has 2 aromatic carbocycles. The van der Waals surface area contributed by atoms with Gasteiger partial charge in [0, 0.05) is 43.9 Å². The van der Waals surface area contributed by atoms with Crippen molar-refractivity contribution in [2.75, 3.05) is 36.2 Å². The molecule has 3 atom stereocenters. The van der Waals surface area contributed by atoms with Crippen LogP contribution >= 0.6 is 24.4 Å². The van der Waals surface area contributed by atoms with Gasteiger partial charge in [-0.25, -0.2) is 5.43 Å². The summed E-state index contributed by atoms with van der Waals surface area (Å²) in [5.74, 6) is 2.86. The van der Waals surface area contributed by atoms with Crippen LogP contribution in [0.5, 0.6) is 0 Å². The van der Waals surface area contributed by atoms with Gasteiger partial charge in [0.1, 0.15) is 0 Å². The second-order valence-corrected chi connectivity index (χ2v) is 13.7. The molecule has 9 heteroatoms. The van der Waals surface area contributed by atoms with Crippen molar-refractivity contribution in [1.29, 1.82) is 0 Å². The van der Waals surface area contributed by atoms with Crippen LogP contribution in [0.15, 0.2) is 41.5 Å². The van der Waals surface area contributed by atoms with Crippen LogP contribution in [0.3, 0.4) is 0 Å². The Bertz CT molecular complexity index is 1240. The van der Waals surface area contributed by atoms with Gasteiger partial charge in [0.15, 0.2) is 10.2 Å². The molecule has 0 bridgehead atoms. The van der Waals surface area contributed by atoms with E-state index in [1.54, 1.807) is 0 Å². The topological polar surface area (TPSA) is 75.8 Å². The summed E-state index contributed by atoms with van der Waals surface area (Å²) < 4.78 is 0. The van der Waals surface area contributed by atoms with E-state index in [0.717, 1.165) is 30.0 Å². The first-order valence-corrected chi connectivity index (χ1v) is 16.0. The Balaban J connectivity index is 1.71. The van der Waals surface area contributed by atoms with E-state index < -0.39 is 0 Å². The molecular formula is C33H51N7S2. The molecule has 1 aliphatic rings. The number of benzene rings is 2. The fourth-order valence-corrected chi connectivity index (χ4v) is 5.50. The first kappa shape index (κ1) is 33.7. The summed E-state index contributed by atoms with van der Waals surface area (Å²) in [4.78, 5) is 2.11. The number of hydrogen-bond acceptors (Lipinski definition) is 5. The number of rotatable bonds is 13. The second kappa shape index (κ2) is 15.6. The summed E-state index contributed by atoms with van der Waals surface area (Å²) in [6.45, 7) is 16.1. The number of hydrazone groups is 1. The zero-order valence-electron chi connectivity index (χ0n) is 26.8. The maximum atomic E-state index is 5.58. The highest BCUT2D eigenvalue weighted by Crippen LogP contribution is 2.53. The number of nitrogens with one attached hydrogen (secondary N) is 5. The Hall–Kier alpha value is -2.75. The van der Waals surface area contributed by atoms with Crippen molar-refractivity contribution >= 4 is 57.9 Å². The zero-order chi connectivity index (χ0) is 31.0. The maximum Gasteiger partial charge on any atom is 0.191 e. The van der Waals surface area contributed by atoms with Gasteiger partial charge in [-0.15, -0.1) is 0 Å². The predicted octanol–water partition coefficient (Wildman–Crippen LogP) is 7.55. The van der Waals surface area contributed by atoms with E-state index in [0.29, 0.717) is 45.7 Å². The predicted molar refractivity (Wildman–Crippen MR) is 190 cm³/mol. The third-order valence-corrected chi connectivity index (χ3v) is 7.94. The van der Waals surface area contributed by atoms with Gasteiger partial charge in [-0.05, 0) is 108 Å². The van der Waals surface area contributed by atoms with Crippen LogP contribution in [0.25, 0.3) is 0 Å². The third kappa shape index (κ3) is 10.2. The Morgan fingerprint density at radius 2 is 1.60 bits per heavy atom. The van der Waals surface area contributed by atoms with Gasteiger partial charge in [0.25, 0.3) is 0 Å². The summed E-state index contributed by atoms with van der Waals surface area (Å²) in [6, 6.07) is 13.5. The molecule has 0 aliphatic heterocycles. The van der Waals surface area contributed by atoms with Crippen LogP contribution in [-0.2, 0) is 0 Å². The lowest BCUT2D eigenvalue weighted by molar-refractivity contribution is 0.534. The van der Waals surface area contributed by atoms with Gasteiger partial charge in [-0.1, -0.05) is 66.7 Å². The molecule has 42 heavy (non-hydrogen) atoms. The van der Waals surface area contributed by atoms with Gasteiger partial charge in [-0.3, -0.25) is 10.9 Å². The van der Waals surface area contributed by atoms with Crippen LogP contribution in [0.2, 0.25) is 0 Å². The number of hydrazine groups is 1. The minimum Gasteiger partial charge on any atom is -0.378 e. The molecule has 1 fully saturated rings. The number of hydrogen-bond donors (Lipinski definition) is 5. The molecule has 0 amide bonds. The molecule has 0 spiro atoms. The largest absolute Gasteiger partial charge is 0.378 e. The Morgan fingerprint density at radius 3 is 2.24 bits per heavy atom. The molecule has 5 N–H and O–H groups in total. The molecule has 0 saturated heterocycles. The van der Waals surface area contributed by atoms with E-state index in [-0.39, 0.29) is 0 Å². The Kier molecular flexibility index (Phi) is 12.6. The minimum absolute atomic E-state index is 0.355. The van der Waals surface area contributed by atoms with Crippen molar-refractivity contribution in [1.82, 2.24) is 16.3 Å². The minimum atomic E-state index is 0.355. The number of nitrogens with zero attached hydrogens (tertiary/aromatic N) is 2. The summed E-state index contributed by atoms with van der Waals surface area (Å²) >= 11 is 11.1. The van der Waals surface area contributed by atoms with Crippen LogP contribution < -0.4 is 31.8 Å². The third-order valence-electron chi connectivity index (χ3n) is 7.54. The van der Waals surface area contributed by atoms with Crippen molar-refractivity contribution in [2.24, 2.45) is 22.9 Å². The molecule has 230 valence electrons. The monoisotopic (exact) mass is 609 g/mol. The molecule has 7 nitrogen and oxygen atoms in total. The summed E-state index contributed by atoms with van der Waals surface area (Å²) in [7, 11) is 4.11. The van der Waals surface area contributed by atoms with Crippen molar-refractivity contribution in [3.8, 4) is 0 Å². The first-order valence-electron chi connectivity index (χ1n) is 15.2. The van der Waals surface area contributed by atoms with Crippen LogP contribution in [0.1, 0.15) is 95.8 Å². The average molecular weight is 610 g/mol. The fourth-order valence-electron chi connectivity index (χ4n) is 5.16. The molecule has 3 unspecified atom stereocenters. The van der Waals surface area contributed by atoms with Crippen LogP contribution in [0, 0.1) is 17.8 Å². The lowest BCUT2D eigenvalue weighted by Gasteiger charge is -2.21. The number of thiocarbonyl (C=S) groups is 2. The maximum absolute atomic E-state index is 5.58.